The Morgan fingerprint density at radius 2 is 1.85 bits per heavy atom. The molecule has 3 aromatic rings. The van der Waals surface area contributed by atoms with Crippen molar-refractivity contribution in [1.29, 1.82) is 0 Å². The highest BCUT2D eigenvalue weighted by molar-refractivity contribution is 7.16. The number of hydrogen-bond acceptors (Lipinski definition) is 5. The number of para-hydroxylation sites is 2. The van der Waals surface area contributed by atoms with Crippen molar-refractivity contribution in [3.05, 3.63) is 59.4 Å². The van der Waals surface area contributed by atoms with Gasteiger partial charge in [0.1, 0.15) is 5.71 Å². The summed E-state index contributed by atoms with van der Waals surface area (Å²) in [4.78, 5) is 25.3. The molecule has 8 heteroatoms. The Morgan fingerprint density at radius 3 is 2.63 bits per heavy atom. The van der Waals surface area contributed by atoms with Gasteiger partial charge in [-0.25, -0.2) is 10.4 Å². The molecular weight excluding hydrogens is 362 g/mol. The summed E-state index contributed by atoms with van der Waals surface area (Å²) in [5.41, 5.74) is 4.53. The lowest BCUT2D eigenvalue weighted by molar-refractivity contribution is -0.118. The molecule has 1 N–H and O–H groups in total. The molecule has 0 spiro atoms. The molecule has 1 aliphatic heterocycles. The maximum atomic E-state index is 12.5. The van der Waals surface area contributed by atoms with Crippen LogP contribution in [0.3, 0.4) is 0 Å². The minimum absolute atomic E-state index is 0.134. The van der Waals surface area contributed by atoms with Crippen LogP contribution in [-0.2, 0) is 16.6 Å². The van der Waals surface area contributed by atoms with E-state index in [2.05, 4.69) is 15.6 Å². The van der Waals surface area contributed by atoms with Crippen LogP contribution in [-0.4, -0.2) is 22.1 Å². The van der Waals surface area contributed by atoms with Crippen LogP contribution in [0.4, 0.5) is 5.69 Å². The Hall–Kier alpha value is -3.26. The molecule has 0 fully saturated rings. The summed E-state index contributed by atoms with van der Waals surface area (Å²) in [6.45, 7) is 0. The van der Waals surface area contributed by atoms with Crippen LogP contribution >= 0.6 is 11.3 Å². The molecule has 0 saturated carbocycles. The maximum Gasteiger partial charge on any atom is 0.287 e. The first kappa shape index (κ1) is 17.2. The number of nitrogens with zero attached hydrogens (tertiary/aromatic N) is 4. The molecule has 0 unspecified atom stereocenters. The average Bonchev–Trinajstić information content (AvgIpc) is 3.03. The quantitative estimate of drug-likeness (QED) is 0.709. The zero-order valence-corrected chi connectivity index (χ0v) is 15.4. The number of hydrazone groups is 1. The van der Waals surface area contributed by atoms with E-state index in [1.807, 2.05) is 54.1 Å². The number of rotatable bonds is 3. The normalized spacial score (nSPS) is 15.1. The van der Waals surface area contributed by atoms with E-state index in [0.717, 1.165) is 10.2 Å². The van der Waals surface area contributed by atoms with Crippen molar-refractivity contribution < 1.29 is 9.59 Å². The summed E-state index contributed by atoms with van der Waals surface area (Å²) in [5, 5.41) is 9.74. The second-order valence-electron chi connectivity index (χ2n) is 6.05. The first-order valence-electron chi connectivity index (χ1n) is 8.47. The van der Waals surface area contributed by atoms with Crippen molar-refractivity contribution in [3.63, 3.8) is 0 Å². The van der Waals surface area contributed by atoms with E-state index in [4.69, 9.17) is 0 Å². The number of aryl methyl sites for hydroxylation is 1. The van der Waals surface area contributed by atoms with Crippen LogP contribution in [0, 0.1) is 0 Å². The number of nitrogens with one attached hydrogen (secondary N) is 1. The van der Waals surface area contributed by atoms with Gasteiger partial charge in [0.05, 0.1) is 15.9 Å². The smallest absolute Gasteiger partial charge is 0.287 e. The number of thiazole rings is 1. The maximum absolute atomic E-state index is 12.5. The first-order chi connectivity index (χ1) is 13.1. The summed E-state index contributed by atoms with van der Waals surface area (Å²) in [6.07, 6.45) is 0.528. The highest BCUT2D eigenvalue weighted by atomic mass is 32.1. The number of amides is 2. The van der Waals surface area contributed by atoms with Gasteiger partial charge in [0, 0.05) is 19.9 Å². The molecule has 1 aromatic heterocycles. The molecule has 0 aliphatic carbocycles. The van der Waals surface area contributed by atoms with Crippen LogP contribution in [0.5, 0.6) is 0 Å². The highest BCUT2D eigenvalue weighted by Crippen LogP contribution is 2.19. The van der Waals surface area contributed by atoms with Gasteiger partial charge in [0.15, 0.2) is 0 Å². The van der Waals surface area contributed by atoms with Gasteiger partial charge in [-0.05, 0) is 24.3 Å². The van der Waals surface area contributed by atoms with Gasteiger partial charge < -0.3 is 4.57 Å². The number of carbonyl (C=O) groups is 2. The third kappa shape index (κ3) is 3.39. The van der Waals surface area contributed by atoms with E-state index in [1.54, 1.807) is 12.1 Å². The minimum Gasteiger partial charge on any atom is -0.318 e. The van der Waals surface area contributed by atoms with Gasteiger partial charge in [-0.3, -0.25) is 9.59 Å². The van der Waals surface area contributed by atoms with E-state index in [-0.39, 0.29) is 18.0 Å². The van der Waals surface area contributed by atoms with Crippen molar-refractivity contribution >= 4 is 44.8 Å². The lowest BCUT2D eigenvalue weighted by atomic mass is 10.1. The van der Waals surface area contributed by atoms with Crippen LogP contribution in [0.15, 0.2) is 64.8 Å². The molecule has 2 aromatic carbocycles. The van der Waals surface area contributed by atoms with Gasteiger partial charge in [0.2, 0.25) is 10.7 Å². The average molecular weight is 379 g/mol. The highest BCUT2D eigenvalue weighted by Gasteiger charge is 2.25. The van der Waals surface area contributed by atoms with E-state index in [1.165, 1.54) is 16.3 Å². The SMILES string of the molecule is Cn1c(=NNC(=O)C2=NN(c3ccccc3)C(=O)CC2)sc2ccccc21. The summed E-state index contributed by atoms with van der Waals surface area (Å²) in [6, 6.07) is 17.0. The third-order valence-electron chi connectivity index (χ3n) is 4.26. The number of carbonyl (C=O) groups excluding carboxylic acids is 2. The topological polar surface area (TPSA) is 79.1 Å². The Labute approximate surface area is 159 Å². The molecule has 7 nitrogen and oxygen atoms in total. The summed E-state index contributed by atoms with van der Waals surface area (Å²) in [7, 11) is 1.90. The Bertz CT molecular complexity index is 1110. The largest absolute Gasteiger partial charge is 0.318 e. The van der Waals surface area contributed by atoms with Gasteiger partial charge in [-0.1, -0.05) is 41.7 Å². The second kappa shape index (κ2) is 7.16. The number of anilines is 1. The number of benzene rings is 2. The molecular formula is C19H17N5O2S. The molecule has 136 valence electrons. The zero-order chi connectivity index (χ0) is 18.8. The van der Waals surface area contributed by atoms with E-state index in [9.17, 15) is 9.59 Å². The standard InChI is InChI=1S/C19H17N5O2S/c1-23-15-9-5-6-10-16(15)27-19(23)21-20-18(26)14-11-12-17(25)24(22-14)13-7-3-2-4-8-13/h2-10H,11-12H2,1H3,(H,20,26). The van der Waals surface area contributed by atoms with Crippen LogP contribution < -0.4 is 15.2 Å². The minimum atomic E-state index is -0.402. The Morgan fingerprint density at radius 1 is 1.11 bits per heavy atom. The molecule has 2 heterocycles. The third-order valence-corrected chi connectivity index (χ3v) is 5.38. The second-order valence-corrected chi connectivity index (χ2v) is 7.06. The van der Waals surface area contributed by atoms with E-state index in [0.29, 0.717) is 16.9 Å². The molecule has 0 bridgehead atoms. The molecule has 0 atom stereocenters. The number of aromatic nitrogens is 1. The lowest BCUT2D eigenvalue weighted by Crippen LogP contribution is -2.38. The molecule has 2 amide bonds. The van der Waals surface area contributed by atoms with Crippen LogP contribution in [0.1, 0.15) is 12.8 Å². The van der Waals surface area contributed by atoms with Crippen molar-refractivity contribution in [2.75, 3.05) is 5.01 Å². The van der Waals surface area contributed by atoms with Crippen molar-refractivity contribution in [1.82, 2.24) is 9.99 Å². The summed E-state index contributed by atoms with van der Waals surface area (Å²) >= 11 is 1.49. The lowest BCUT2D eigenvalue weighted by Gasteiger charge is -2.22. The van der Waals surface area contributed by atoms with Gasteiger partial charge >= 0.3 is 0 Å². The predicted octanol–water partition coefficient (Wildman–Crippen LogP) is 2.35. The fraction of sp³-hybridized carbons (Fsp3) is 0.158. The van der Waals surface area contributed by atoms with Crippen molar-refractivity contribution in [3.8, 4) is 0 Å². The van der Waals surface area contributed by atoms with Gasteiger partial charge in [-0.2, -0.15) is 5.10 Å². The fourth-order valence-electron chi connectivity index (χ4n) is 2.84. The van der Waals surface area contributed by atoms with Crippen LogP contribution in [0.25, 0.3) is 10.2 Å². The van der Waals surface area contributed by atoms with Gasteiger partial charge in [0.25, 0.3) is 5.91 Å². The fourth-order valence-corrected chi connectivity index (χ4v) is 3.82. The van der Waals surface area contributed by atoms with Crippen molar-refractivity contribution in [2.24, 2.45) is 17.3 Å². The number of hydrogen-bond donors (Lipinski definition) is 1. The molecule has 1 aliphatic rings. The summed E-state index contributed by atoms with van der Waals surface area (Å²) in [5.74, 6) is -0.536. The zero-order valence-electron chi connectivity index (χ0n) is 14.6. The van der Waals surface area contributed by atoms with Crippen molar-refractivity contribution in [2.45, 2.75) is 12.8 Å². The predicted molar refractivity (Wildman–Crippen MR) is 105 cm³/mol. The summed E-state index contributed by atoms with van der Waals surface area (Å²) < 4.78 is 3.01. The number of fused-ring (bicyclic) bond motifs is 1. The Kier molecular flexibility index (Phi) is 4.55. The molecule has 4 rings (SSSR count). The molecule has 0 saturated heterocycles. The Balaban J connectivity index is 1.59. The van der Waals surface area contributed by atoms with Gasteiger partial charge in [-0.15, -0.1) is 5.10 Å². The van der Waals surface area contributed by atoms with E-state index < -0.39 is 5.91 Å². The molecule has 27 heavy (non-hydrogen) atoms. The first-order valence-corrected chi connectivity index (χ1v) is 9.29. The van der Waals surface area contributed by atoms with Crippen LogP contribution in [0.2, 0.25) is 0 Å². The van der Waals surface area contributed by atoms with E-state index >= 15 is 0 Å². The monoisotopic (exact) mass is 379 g/mol. The molecule has 0 radical (unpaired) electrons.